The molecular formula is C27H34N6O3. The van der Waals surface area contributed by atoms with Crippen LogP contribution in [0.3, 0.4) is 0 Å². The van der Waals surface area contributed by atoms with E-state index in [1.807, 2.05) is 48.9 Å². The Morgan fingerprint density at radius 1 is 1.06 bits per heavy atom. The summed E-state index contributed by atoms with van der Waals surface area (Å²) in [5.41, 5.74) is 3.10. The molecule has 0 N–H and O–H groups in total. The van der Waals surface area contributed by atoms with Gasteiger partial charge in [-0.25, -0.2) is 4.68 Å². The summed E-state index contributed by atoms with van der Waals surface area (Å²) in [7, 11) is 0. The van der Waals surface area contributed by atoms with Gasteiger partial charge in [-0.2, -0.15) is 5.10 Å². The van der Waals surface area contributed by atoms with Crippen molar-refractivity contribution in [3.63, 3.8) is 0 Å². The number of amides is 1. The molecule has 36 heavy (non-hydrogen) atoms. The predicted octanol–water partition coefficient (Wildman–Crippen LogP) is 4.28. The Morgan fingerprint density at radius 2 is 1.78 bits per heavy atom. The van der Waals surface area contributed by atoms with Crippen LogP contribution in [0.25, 0.3) is 5.69 Å². The lowest BCUT2D eigenvalue weighted by Gasteiger charge is -2.36. The number of nitro benzene ring substituents is 1. The maximum atomic E-state index is 13.5. The van der Waals surface area contributed by atoms with Gasteiger partial charge in [-0.3, -0.25) is 14.9 Å². The molecule has 4 rings (SSSR count). The van der Waals surface area contributed by atoms with E-state index in [0.717, 1.165) is 61.9 Å². The van der Waals surface area contributed by atoms with Gasteiger partial charge in [0, 0.05) is 56.0 Å². The van der Waals surface area contributed by atoms with Crippen molar-refractivity contribution in [2.24, 2.45) is 0 Å². The van der Waals surface area contributed by atoms with Crippen LogP contribution in [0.4, 0.5) is 11.5 Å². The Morgan fingerprint density at radius 3 is 2.42 bits per heavy atom. The molecule has 0 radical (unpaired) electrons. The Kier molecular flexibility index (Phi) is 8.00. The van der Waals surface area contributed by atoms with Crippen LogP contribution in [0.2, 0.25) is 0 Å². The molecule has 2 heterocycles. The second kappa shape index (κ2) is 11.3. The summed E-state index contributed by atoms with van der Waals surface area (Å²) in [4.78, 5) is 30.9. The van der Waals surface area contributed by atoms with Crippen LogP contribution >= 0.6 is 0 Å². The molecule has 0 atom stereocenters. The second-order valence-electron chi connectivity index (χ2n) is 9.09. The molecule has 1 aliphatic heterocycles. The van der Waals surface area contributed by atoms with Crippen molar-refractivity contribution in [2.45, 2.75) is 33.7 Å². The standard InChI is InChI=1S/C27H34N6O3/c1-4-14-31(27(34)22-10-9-13-24(19-22)33(35)36)20-25-21(3)28-32(23-11-7-6-8-12-23)26(25)30-17-15-29(5-2)16-18-30/h6-13,19H,4-5,14-18,20H2,1-3H3. The summed E-state index contributed by atoms with van der Waals surface area (Å²) in [5.74, 6) is 0.802. The molecule has 2 aromatic carbocycles. The quantitative estimate of drug-likeness (QED) is 0.329. The third-order valence-corrected chi connectivity index (χ3v) is 6.71. The van der Waals surface area contributed by atoms with Crippen LogP contribution in [-0.2, 0) is 6.54 Å². The van der Waals surface area contributed by atoms with E-state index in [1.165, 1.54) is 12.1 Å². The highest BCUT2D eigenvalue weighted by molar-refractivity contribution is 5.95. The fourth-order valence-corrected chi connectivity index (χ4v) is 4.73. The van der Waals surface area contributed by atoms with E-state index >= 15 is 0 Å². The molecule has 0 bridgehead atoms. The molecule has 1 saturated heterocycles. The van der Waals surface area contributed by atoms with Gasteiger partial charge in [-0.05, 0) is 38.1 Å². The molecule has 9 nitrogen and oxygen atoms in total. The first-order valence-corrected chi connectivity index (χ1v) is 12.6. The van der Waals surface area contributed by atoms with Gasteiger partial charge >= 0.3 is 0 Å². The lowest BCUT2D eigenvalue weighted by molar-refractivity contribution is -0.384. The molecule has 1 fully saturated rings. The number of hydrogen-bond donors (Lipinski definition) is 0. The number of non-ortho nitro benzene ring substituents is 1. The first-order chi connectivity index (χ1) is 17.4. The predicted molar refractivity (Wildman–Crippen MR) is 141 cm³/mol. The Bertz CT molecular complexity index is 1200. The van der Waals surface area contributed by atoms with E-state index in [4.69, 9.17) is 5.10 Å². The van der Waals surface area contributed by atoms with Crippen molar-refractivity contribution in [2.75, 3.05) is 44.2 Å². The van der Waals surface area contributed by atoms with Crippen molar-refractivity contribution >= 4 is 17.4 Å². The normalized spacial score (nSPS) is 14.1. The maximum Gasteiger partial charge on any atom is 0.270 e. The topological polar surface area (TPSA) is 87.8 Å². The Balaban J connectivity index is 1.72. The second-order valence-corrected chi connectivity index (χ2v) is 9.09. The lowest BCUT2D eigenvalue weighted by atomic mass is 10.1. The maximum absolute atomic E-state index is 13.5. The number of aromatic nitrogens is 2. The summed E-state index contributed by atoms with van der Waals surface area (Å²) in [6.07, 6.45) is 0.775. The molecule has 0 saturated carbocycles. The molecular weight excluding hydrogens is 456 g/mol. The first kappa shape index (κ1) is 25.4. The van der Waals surface area contributed by atoms with Crippen molar-refractivity contribution in [1.29, 1.82) is 0 Å². The number of nitro groups is 1. The third kappa shape index (κ3) is 5.41. The number of likely N-dealkylation sites (N-methyl/N-ethyl adjacent to an activating group) is 1. The van der Waals surface area contributed by atoms with Crippen LogP contribution in [0.5, 0.6) is 0 Å². The van der Waals surface area contributed by atoms with E-state index in [0.29, 0.717) is 18.7 Å². The van der Waals surface area contributed by atoms with Gasteiger partial charge in [0.2, 0.25) is 0 Å². The van der Waals surface area contributed by atoms with E-state index in [-0.39, 0.29) is 11.6 Å². The highest BCUT2D eigenvalue weighted by atomic mass is 16.6. The van der Waals surface area contributed by atoms with Gasteiger partial charge < -0.3 is 14.7 Å². The minimum atomic E-state index is -0.469. The number of carbonyl (C=O) groups is 1. The van der Waals surface area contributed by atoms with Crippen molar-refractivity contribution in [3.05, 3.63) is 81.5 Å². The van der Waals surface area contributed by atoms with Crippen LogP contribution in [-0.4, -0.2) is 69.7 Å². The first-order valence-electron chi connectivity index (χ1n) is 12.6. The summed E-state index contributed by atoms with van der Waals surface area (Å²) in [6, 6.07) is 16.0. The number of anilines is 1. The Labute approximate surface area is 212 Å². The van der Waals surface area contributed by atoms with Crippen LogP contribution in [0.1, 0.15) is 41.9 Å². The number of para-hydroxylation sites is 1. The zero-order valence-electron chi connectivity index (χ0n) is 21.3. The molecule has 190 valence electrons. The minimum absolute atomic E-state index is 0.0835. The average molecular weight is 491 g/mol. The molecule has 1 aliphatic rings. The number of hydrogen-bond acceptors (Lipinski definition) is 6. The Hall–Kier alpha value is -3.72. The molecule has 1 aromatic heterocycles. The minimum Gasteiger partial charge on any atom is -0.354 e. The van der Waals surface area contributed by atoms with Gasteiger partial charge in [0.25, 0.3) is 11.6 Å². The monoisotopic (exact) mass is 490 g/mol. The SMILES string of the molecule is CCCN(Cc1c(C)nn(-c2ccccc2)c1N1CCN(CC)CC1)C(=O)c1cccc([N+](=O)[O-])c1. The van der Waals surface area contributed by atoms with Gasteiger partial charge in [-0.15, -0.1) is 0 Å². The largest absolute Gasteiger partial charge is 0.354 e. The molecule has 0 aliphatic carbocycles. The molecule has 9 heteroatoms. The molecule has 0 spiro atoms. The fraction of sp³-hybridized carbons (Fsp3) is 0.407. The number of piperazine rings is 1. The molecule has 3 aromatic rings. The summed E-state index contributed by atoms with van der Waals surface area (Å²) < 4.78 is 1.99. The van der Waals surface area contributed by atoms with Crippen molar-refractivity contribution in [3.8, 4) is 5.69 Å². The fourth-order valence-electron chi connectivity index (χ4n) is 4.73. The number of benzene rings is 2. The highest BCUT2D eigenvalue weighted by Gasteiger charge is 2.28. The smallest absolute Gasteiger partial charge is 0.270 e. The van der Waals surface area contributed by atoms with Gasteiger partial charge in [0.05, 0.1) is 22.8 Å². The van der Waals surface area contributed by atoms with E-state index in [9.17, 15) is 14.9 Å². The summed E-state index contributed by atoms with van der Waals surface area (Å²) in [5, 5.41) is 16.2. The average Bonchev–Trinajstić information content (AvgIpc) is 3.24. The van der Waals surface area contributed by atoms with Gasteiger partial charge in [-0.1, -0.05) is 38.1 Å². The summed E-state index contributed by atoms with van der Waals surface area (Å²) in [6.45, 7) is 11.9. The van der Waals surface area contributed by atoms with Gasteiger partial charge in [0.1, 0.15) is 5.82 Å². The third-order valence-electron chi connectivity index (χ3n) is 6.71. The zero-order chi connectivity index (χ0) is 25.7. The van der Waals surface area contributed by atoms with E-state index < -0.39 is 4.92 Å². The van der Waals surface area contributed by atoms with E-state index in [2.05, 4.69) is 16.7 Å². The molecule has 0 unspecified atom stereocenters. The van der Waals surface area contributed by atoms with Crippen LogP contribution in [0, 0.1) is 17.0 Å². The van der Waals surface area contributed by atoms with Crippen molar-refractivity contribution < 1.29 is 9.72 Å². The lowest BCUT2D eigenvalue weighted by Crippen LogP contribution is -2.47. The number of nitrogens with zero attached hydrogens (tertiary/aromatic N) is 6. The van der Waals surface area contributed by atoms with Crippen LogP contribution < -0.4 is 4.90 Å². The van der Waals surface area contributed by atoms with Gasteiger partial charge in [0.15, 0.2) is 0 Å². The zero-order valence-corrected chi connectivity index (χ0v) is 21.3. The van der Waals surface area contributed by atoms with Crippen LogP contribution in [0.15, 0.2) is 54.6 Å². The molecule has 1 amide bonds. The number of rotatable bonds is 9. The summed E-state index contributed by atoms with van der Waals surface area (Å²) >= 11 is 0. The number of aryl methyl sites for hydroxylation is 1. The van der Waals surface area contributed by atoms with E-state index in [1.54, 1.807) is 17.0 Å². The van der Waals surface area contributed by atoms with Crippen molar-refractivity contribution in [1.82, 2.24) is 19.6 Å². The highest BCUT2D eigenvalue weighted by Crippen LogP contribution is 2.30. The number of carbonyl (C=O) groups excluding carboxylic acids is 1.